The van der Waals surface area contributed by atoms with Crippen molar-refractivity contribution in [3.63, 3.8) is 0 Å². The molecule has 0 spiro atoms. The molecule has 1 unspecified atom stereocenters. The van der Waals surface area contributed by atoms with Crippen LogP contribution in [0.25, 0.3) is 21.9 Å². The standard InChI is InChI=1S/C24H28N4O2/c1-16(2)22(23-25-19-10-6-8-12-21(19)27(23)3)26-24(29)18-15-28(13-14-30-4)20-11-7-5-9-17(18)20/h5-12,15-16,22H,13-14H2,1-4H3,(H,26,29). The number of benzene rings is 2. The van der Waals surface area contributed by atoms with E-state index in [0.717, 1.165) is 27.8 Å². The fourth-order valence-electron chi connectivity index (χ4n) is 3.99. The zero-order valence-corrected chi connectivity index (χ0v) is 17.9. The molecule has 6 nitrogen and oxygen atoms in total. The van der Waals surface area contributed by atoms with E-state index in [1.807, 2.05) is 55.7 Å². The highest BCUT2D eigenvalue weighted by atomic mass is 16.5. The van der Waals surface area contributed by atoms with E-state index in [4.69, 9.17) is 9.72 Å². The van der Waals surface area contributed by atoms with Gasteiger partial charge in [0.1, 0.15) is 5.82 Å². The van der Waals surface area contributed by atoms with Crippen LogP contribution in [-0.2, 0) is 18.3 Å². The van der Waals surface area contributed by atoms with E-state index in [-0.39, 0.29) is 17.9 Å². The second kappa shape index (κ2) is 8.32. The summed E-state index contributed by atoms with van der Waals surface area (Å²) in [6.07, 6.45) is 1.92. The maximum Gasteiger partial charge on any atom is 0.254 e. The number of methoxy groups -OCH3 is 1. The van der Waals surface area contributed by atoms with Crippen molar-refractivity contribution >= 4 is 27.8 Å². The maximum atomic E-state index is 13.4. The molecule has 0 bridgehead atoms. The molecule has 156 valence electrons. The third kappa shape index (κ3) is 3.59. The van der Waals surface area contributed by atoms with E-state index in [1.54, 1.807) is 7.11 Å². The first kappa shape index (κ1) is 20.2. The first-order valence-corrected chi connectivity index (χ1v) is 10.3. The second-order valence-corrected chi connectivity index (χ2v) is 7.96. The molecule has 0 radical (unpaired) electrons. The summed E-state index contributed by atoms with van der Waals surface area (Å²) < 4.78 is 9.38. The lowest BCUT2D eigenvalue weighted by Gasteiger charge is -2.22. The maximum absolute atomic E-state index is 13.4. The van der Waals surface area contributed by atoms with Crippen molar-refractivity contribution in [1.29, 1.82) is 0 Å². The van der Waals surface area contributed by atoms with Gasteiger partial charge in [-0.3, -0.25) is 4.79 Å². The predicted molar refractivity (Wildman–Crippen MR) is 120 cm³/mol. The molecule has 30 heavy (non-hydrogen) atoms. The number of fused-ring (bicyclic) bond motifs is 2. The summed E-state index contributed by atoms with van der Waals surface area (Å²) in [6, 6.07) is 15.8. The quantitative estimate of drug-likeness (QED) is 0.500. The smallest absolute Gasteiger partial charge is 0.254 e. The van der Waals surface area contributed by atoms with Crippen LogP contribution >= 0.6 is 0 Å². The SMILES string of the molecule is COCCn1cc(C(=O)NC(c2nc3ccccc3n2C)C(C)C)c2ccccc21. The Morgan fingerprint density at radius 2 is 1.80 bits per heavy atom. The number of carbonyl (C=O) groups excluding carboxylic acids is 1. The summed E-state index contributed by atoms with van der Waals surface area (Å²) >= 11 is 0. The molecular weight excluding hydrogens is 376 g/mol. The molecule has 1 N–H and O–H groups in total. The van der Waals surface area contributed by atoms with Crippen molar-refractivity contribution < 1.29 is 9.53 Å². The molecule has 4 aromatic rings. The van der Waals surface area contributed by atoms with Gasteiger partial charge in [-0.25, -0.2) is 4.98 Å². The number of nitrogens with zero attached hydrogens (tertiary/aromatic N) is 3. The molecule has 1 atom stereocenters. The van der Waals surface area contributed by atoms with Gasteiger partial charge < -0.3 is 19.2 Å². The number of ether oxygens (including phenoxy) is 1. The van der Waals surface area contributed by atoms with Gasteiger partial charge in [0.2, 0.25) is 0 Å². The highest BCUT2D eigenvalue weighted by Crippen LogP contribution is 2.27. The van der Waals surface area contributed by atoms with Crippen LogP contribution in [0.4, 0.5) is 0 Å². The van der Waals surface area contributed by atoms with Gasteiger partial charge >= 0.3 is 0 Å². The molecule has 0 saturated carbocycles. The van der Waals surface area contributed by atoms with Gasteiger partial charge in [0, 0.05) is 37.8 Å². The first-order valence-electron chi connectivity index (χ1n) is 10.3. The molecule has 2 heterocycles. The number of carbonyl (C=O) groups is 1. The molecule has 2 aromatic heterocycles. The highest BCUT2D eigenvalue weighted by Gasteiger charge is 2.25. The Morgan fingerprint density at radius 1 is 1.10 bits per heavy atom. The molecule has 2 aromatic carbocycles. The first-order chi connectivity index (χ1) is 14.5. The van der Waals surface area contributed by atoms with E-state index in [0.29, 0.717) is 18.7 Å². The highest BCUT2D eigenvalue weighted by molar-refractivity contribution is 6.07. The van der Waals surface area contributed by atoms with E-state index in [9.17, 15) is 4.79 Å². The molecule has 6 heteroatoms. The Labute approximate surface area is 176 Å². The monoisotopic (exact) mass is 404 g/mol. The molecule has 1 amide bonds. The topological polar surface area (TPSA) is 61.1 Å². The number of nitrogens with one attached hydrogen (secondary N) is 1. The van der Waals surface area contributed by atoms with E-state index in [1.165, 1.54) is 0 Å². The predicted octanol–water partition coefficient (Wildman–Crippen LogP) is 4.30. The molecule has 0 aliphatic heterocycles. The fraction of sp³-hybridized carbons (Fsp3) is 0.333. The van der Waals surface area contributed by atoms with Crippen molar-refractivity contribution in [1.82, 2.24) is 19.4 Å². The lowest BCUT2D eigenvalue weighted by Crippen LogP contribution is -2.33. The second-order valence-electron chi connectivity index (χ2n) is 7.96. The lowest BCUT2D eigenvalue weighted by atomic mass is 10.0. The molecule has 0 aliphatic rings. The van der Waals surface area contributed by atoms with E-state index in [2.05, 4.69) is 34.4 Å². The summed E-state index contributed by atoms with van der Waals surface area (Å²) in [5.41, 5.74) is 3.70. The number of amides is 1. The molecule has 0 saturated heterocycles. The van der Waals surface area contributed by atoms with Gasteiger partial charge in [-0.05, 0) is 24.1 Å². The number of aryl methyl sites for hydroxylation is 1. The van der Waals surface area contributed by atoms with Crippen LogP contribution in [0.1, 0.15) is 36.1 Å². The Kier molecular flexibility index (Phi) is 5.59. The van der Waals surface area contributed by atoms with Crippen LogP contribution in [0, 0.1) is 5.92 Å². The average Bonchev–Trinajstić information content (AvgIpc) is 3.28. The number of imidazole rings is 1. The van der Waals surface area contributed by atoms with Crippen LogP contribution in [-0.4, -0.2) is 33.7 Å². The largest absolute Gasteiger partial charge is 0.383 e. The zero-order chi connectivity index (χ0) is 21.3. The summed E-state index contributed by atoms with van der Waals surface area (Å²) in [4.78, 5) is 18.2. The van der Waals surface area contributed by atoms with Crippen molar-refractivity contribution in [2.75, 3.05) is 13.7 Å². The van der Waals surface area contributed by atoms with Crippen LogP contribution in [0.2, 0.25) is 0 Å². The number of aromatic nitrogens is 3. The number of para-hydroxylation sites is 3. The molecule has 4 rings (SSSR count). The normalized spacial score (nSPS) is 12.7. The van der Waals surface area contributed by atoms with Crippen LogP contribution in [0.3, 0.4) is 0 Å². The van der Waals surface area contributed by atoms with E-state index < -0.39 is 0 Å². The Morgan fingerprint density at radius 3 is 2.50 bits per heavy atom. The lowest BCUT2D eigenvalue weighted by molar-refractivity contribution is 0.0923. The number of hydrogen-bond acceptors (Lipinski definition) is 3. The van der Waals surface area contributed by atoms with Crippen molar-refractivity contribution in [2.24, 2.45) is 13.0 Å². The minimum absolute atomic E-state index is 0.0897. The minimum Gasteiger partial charge on any atom is -0.383 e. The zero-order valence-electron chi connectivity index (χ0n) is 17.9. The van der Waals surface area contributed by atoms with Crippen LogP contribution in [0.5, 0.6) is 0 Å². The van der Waals surface area contributed by atoms with Crippen molar-refractivity contribution in [3.05, 3.63) is 66.1 Å². The third-order valence-electron chi connectivity index (χ3n) is 5.62. The summed E-state index contributed by atoms with van der Waals surface area (Å²) in [6.45, 7) is 5.50. The van der Waals surface area contributed by atoms with Gasteiger partial charge in [0.25, 0.3) is 5.91 Å². The summed E-state index contributed by atoms with van der Waals surface area (Å²) in [5, 5.41) is 4.19. The third-order valence-corrected chi connectivity index (χ3v) is 5.62. The van der Waals surface area contributed by atoms with Gasteiger partial charge in [0.15, 0.2) is 0 Å². The molecule has 0 aliphatic carbocycles. The van der Waals surface area contributed by atoms with Gasteiger partial charge in [0.05, 0.1) is 29.2 Å². The minimum atomic E-state index is -0.198. The van der Waals surface area contributed by atoms with Gasteiger partial charge in [-0.1, -0.05) is 44.2 Å². The average molecular weight is 405 g/mol. The van der Waals surface area contributed by atoms with E-state index >= 15 is 0 Å². The van der Waals surface area contributed by atoms with Crippen LogP contribution < -0.4 is 5.32 Å². The Balaban J connectivity index is 1.70. The van der Waals surface area contributed by atoms with Crippen molar-refractivity contribution in [2.45, 2.75) is 26.4 Å². The number of rotatable bonds is 7. The molecule has 0 fully saturated rings. The fourth-order valence-corrected chi connectivity index (χ4v) is 3.99. The van der Waals surface area contributed by atoms with Gasteiger partial charge in [-0.2, -0.15) is 0 Å². The van der Waals surface area contributed by atoms with Crippen molar-refractivity contribution in [3.8, 4) is 0 Å². The Bertz CT molecular complexity index is 1190. The Hall–Kier alpha value is -3.12. The van der Waals surface area contributed by atoms with Gasteiger partial charge in [-0.15, -0.1) is 0 Å². The number of hydrogen-bond donors (Lipinski definition) is 1. The summed E-state index contributed by atoms with van der Waals surface area (Å²) in [5.74, 6) is 0.960. The van der Waals surface area contributed by atoms with Crippen LogP contribution in [0.15, 0.2) is 54.7 Å². The molecular formula is C24H28N4O2. The summed E-state index contributed by atoms with van der Waals surface area (Å²) in [7, 11) is 3.69.